The number of anilines is 2. The lowest BCUT2D eigenvalue weighted by molar-refractivity contribution is 1.30. The predicted molar refractivity (Wildman–Crippen MR) is 77.5 cm³/mol. The molecule has 0 spiro atoms. The molecule has 0 atom stereocenters. The highest BCUT2D eigenvalue weighted by atomic mass is 79.9. The standard InChI is InChI=1S/C12H10BrN3S/c13-9-5-11(7-15-6-9)16-10-3-1-8(2-4-10)12(14)17/h1-7,16H,(H2,14,17). The molecule has 0 aliphatic heterocycles. The minimum Gasteiger partial charge on any atom is -0.389 e. The van der Waals surface area contributed by atoms with Crippen LogP contribution in [0.4, 0.5) is 11.4 Å². The van der Waals surface area contributed by atoms with Crippen LogP contribution < -0.4 is 11.1 Å². The monoisotopic (exact) mass is 307 g/mol. The molecule has 2 rings (SSSR count). The second kappa shape index (κ2) is 5.25. The zero-order valence-corrected chi connectivity index (χ0v) is 11.3. The first-order valence-electron chi connectivity index (χ1n) is 4.92. The number of pyridine rings is 1. The smallest absolute Gasteiger partial charge is 0.103 e. The van der Waals surface area contributed by atoms with Crippen molar-refractivity contribution in [2.24, 2.45) is 5.73 Å². The molecule has 3 nitrogen and oxygen atoms in total. The summed E-state index contributed by atoms with van der Waals surface area (Å²) in [7, 11) is 0. The molecule has 0 fully saturated rings. The van der Waals surface area contributed by atoms with Gasteiger partial charge in [-0.15, -0.1) is 0 Å². The molecular formula is C12H10BrN3S. The first-order chi connectivity index (χ1) is 8.15. The number of thiocarbonyl (C=S) groups is 1. The highest BCUT2D eigenvalue weighted by Gasteiger charge is 1.98. The maximum absolute atomic E-state index is 5.53. The van der Waals surface area contributed by atoms with Gasteiger partial charge >= 0.3 is 0 Å². The summed E-state index contributed by atoms with van der Waals surface area (Å²) in [5.74, 6) is 0. The third-order valence-electron chi connectivity index (χ3n) is 2.16. The fourth-order valence-corrected chi connectivity index (χ4v) is 1.87. The van der Waals surface area contributed by atoms with E-state index in [2.05, 4.69) is 26.2 Å². The van der Waals surface area contributed by atoms with Gasteiger partial charge in [-0.1, -0.05) is 12.2 Å². The van der Waals surface area contributed by atoms with Crippen LogP contribution in [0.5, 0.6) is 0 Å². The van der Waals surface area contributed by atoms with Gasteiger partial charge in [0, 0.05) is 21.9 Å². The van der Waals surface area contributed by atoms with Gasteiger partial charge in [-0.2, -0.15) is 0 Å². The highest BCUT2D eigenvalue weighted by Crippen LogP contribution is 2.19. The lowest BCUT2D eigenvalue weighted by Gasteiger charge is -2.07. The zero-order chi connectivity index (χ0) is 12.3. The van der Waals surface area contributed by atoms with Crippen LogP contribution in [0, 0.1) is 0 Å². The molecule has 0 amide bonds. The number of nitrogens with two attached hydrogens (primary N) is 1. The van der Waals surface area contributed by atoms with Crippen molar-refractivity contribution >= 4 is 44.5 Å². The molecule has 1 heterocycles. The third kappa shape index (κ3) is 3.25. The molecule has 17 heavy (non-hydrogen) atoms. The highest BCUT2D eigenvalue weighted by molar-refractivity contribution is 9.10. The number of halogens is 1. The van der Waals surface area contributed by atoms with E-state index in [1.807, 2.05) is 30.3 Å². The maximum Gasteiger partial charge on any atom is 0.103 e. The quantitative estimate of drug-likeness (QED) is 0.855. The van der Waals surface area contributed by atoms with E-state index < -0.39 is 0 Å². The Labute approximate surface area is 113 Å². The topological polar surface area (TPSA) is 50.9 Å². The third-order valence-corrected chi connectivity index (χ3v) is 2.83. The van der Waals surface area contributed by atoms with E-state index in [0.29, 0.717) is 4.99 Å². The van der Waals surface area contributed by atoms with E-state index >= 15 is 0 Å². The summed E-state index contributed by atoms with van der Waals surface area (Å²) >= 11 is 8.26. The van der Waals surface area contributed by atoms with E-state index in [9.17, 15) is 0 Å². The summed E-state index contributed by atoms with van der Waals surface area (Å²) in [4.78, 5) is 4.48. The summed E-state index contributed by atoms with van der Waals surface area (Å²) in [5, 5.41) is 3.23. The van der Waals surface area contributed by atoms with Gasteiger partial charge in [-0.05, 0) is 46.3 Å². The van der Waals surface area contributed by atoms with Crippen LogP contribution in [0.3, 0.4) is 0 Å². The molecule has 0 saturated carbocycles. The summed E-state index contributed by atoms with van der Waals surface area (Å²) in [6, 6.07) is 9.57. The minimum atomic E-state index is 0.403. The Bertz CT molecular complexity index is 540. The predicted octanol–water partition coefficient (Wildman–Crippen LogP) is 3.22. The Morgan fingerprint density at radius 3 is 2.47 bits per heavy atom. The van der Waals surface area contributed by atoms with Crippen LogP contribution in [0.25, 0.3) is 0 Å². The summed E-state index contributed by atoms with van der Waals surface area (Å²) in [6.07, 6.45) is 3.49. The first kappa shape index (κ1) is 12.0. The number of hydrogen-bond acceptors (Lipinski definition) is 3. The van der Waals surface area contributed by atoms with Gasteiger partial charge < -0.3 is 11.1 Å². The van der Waals surface area contributed by atoms with Crippen LogP contribution in [-0.4, -0.2) is 9.97 Å². The molecule has 0 radical (unpaired) electrons. The molecule has 1 aromatic heterocycles. The van der Waals surface area contributed by atoms with Gasteiger partial charge in [0.1, 0.15) is 4.99 Å². The van der Waals surface area contributed by atoms with Crippen molar-refractivity contribution in [3.63, 3.8) is 0 Å². The van der Waals surface area contributed by atoms with Crippen molar-refractivity contribution in [2.45, 2.75) is 0 Å². The molecule has 0 bridgehead atoms. The zero-order valence-electron chi connectivity index (χ0n) is 8.85. The van der Waals surface area contributed by atoms with Gasteiger partial charge in [-0.25, -0.2) is 0 Å². The lowest BCUT2D eigenvalue weighted by Crippen LogP contribution is -2.08. The number of benzene rings is 1. The SMILES string of the molecule is NC(=S)c1ccc(Nc2cncc(Br)c2)cc1. The van der Waals surface area contributed by atoms with Crippen LogP contribution >= 0.6 is 28.1 Å². The molecule has 3 N–H and O–H groups in total. The average Bonchev–Trinajstić information content (AvgIpc) is 2.29. The Morgan fingerprint density at radius 2 is 1.88 bits per heavy atom. The van der Waals surface area contributed by atoms with Gasteiger partial charge in [-0.3, -0.25) is 4.98 Å². The van der Waals surface area contributed by atoms with Crippen molar-refractivity contribution in [2.75, 3.05) is 5.32 Å². The first-order valence-corrected chi connectivity index (χ1v) is 6.13. The van der Waals surface area contributed by atoms with Gasteiger partial charge in [0.2, 0.25) is 0 Å². The van der Waals surface area contributed by atoms with Gasteiger partial charge in [0.15, 0.2) is 0 Å². The second-order valence-electron chi connectivity index (χ2n) is 3.46. The minimum absolute atomic E-state index is 0.403. The molecule has 0 aliphatic rings. The van der Waals surface area contributed by atoms with Crippen molar-refractivity contribution in [1.29, 1.82) is 0 Å². The Kier molecular flexibility index (Phi) is 3.71. The molecule has 0 unspecified atom stereocenters. The Hall–Kier alpha value is -1.46. The van der Waals surface area contributed by atoms with Crippen LogP contribution in [0.2, 0.25) is 0 Å². The van der Waals surface area contributed by atoms with E-state index in [4.69, 9.17) is 18.0 Å². The van der Waals surface area contributed by atoms with Crippen LogP contribution in [-0.2, 0) is 0 Å². The van der Waals surface area contributed by atoms with Crippen LogP contribution in [0.15, 0.2) is 47.2 Å². The number of aromatic nitrogens is 1. The Balaban J connectivity index is 2.16. The number of rotatable bonds is 3. The molecule has 5 heteroatoms. The second-order valence-corrected chi connectivity index (χ2v) is 4.81. The fraction of sp³-hybridized carbons (Fsp3) is 0. The van der Waals surface area contributed by atoms with Gasteiger partial charge in [0.05, 0.1) is 11.9 Å². The molecule has 0 saturated heterocycles. The molecular weight excluding hydrogens is 298 g/mol. The van der Waals surface area contributed by atoms with E-state index in [1.54, 1.807) is 12.4 Å². The van der Waals surface area contributed by atoms with Crippen molar-refractivity contribution in [1.82, 2.24) is 4.98 Å². The van der Waals surface area contributed by atoms with E-state index in [0.717, 1.165) is 21.4 Å². The van der Waals surface area contributed by atoms with Gasteiger partial charge in [0.25, 0.3) is 0 Å². The number of hydrogen-bond donors (Lipinski definition) is 2. The summed E-state index contributed by atoms with van der Waals surface area (Å²) in [5.41, 5.74) is 8.27. The summed E-state index contributed by atoms with van der Waals surface area (Å²) < 4.78 is 0.933. The van der Waals surface area contributed by atoms with Crippen LogP contribution in [0.1, 0.15) is 5.56 Å². The fourth-order valence-electron chi connectivity index (χ4n) is 1.36. The number of nitrogens with one attached hydrogen (secondary N) is 1. The lowest BCUT2D eigenvalue weighted by atomic mass is 10.2. The van der Waals surface area contributed by atoms with Crippen molar-refractivity contribution in [3.05, 3.63) is 52.8 Å². The molecule has 1 aromatic carbocycles. The average molecular weight is 308 g/mol. The summed E-state index contributed by atoms with van der Waals surface area (Å²) in [6.45, 7) is 0. The largest absolute Gasteiger partial charge is 0.389 e. The normalized spacial score (nSPS) is 9.94. The Morgan fingerprint density at radius 1 is 1.18 bits per heavy atom. The van der Waals surface area contributed by atoms with E-state index in [1.165, 1.54) is 0 Å². The molecule has 86 valence electrons. The van der Waals surface area contributed by atoms with Crippen molar-refractivity contribution < 1.29 is 0 Å². The maximum atomic E-state index is 5.53. The molecule has 2 aromatic rings. The number of nitrogens with zero attached hydrogens (tertiary/aromatic N) is 1. The van der Waals surface area contributed by atoms with E-state index in [-0.39, 0.29) is 0 Å². The molecule has 0 aliphatic carbocycles. The van der Waals surface area contributed by atoms with Crippen molar-refractivity contribution in [3.8, 4) is 0 Å².